The molecule has 1 saturated heterocycles. The predicted molar refractivity (Wildman–Crippen MR) is 46.7 cm³/mol. The van der Waals surface area contributed by atoms with E-state index in [1.54, 1.807) is 0 Å². The maximum atomic E-state index is 4.08. The third-order valence-electron chi connectivity index (χ3n) is 3.68. The normalized spacial score (nSPS) is 27.8. The number of halogens is 1. The molecule has 0 spiro atoms. The third-order valence-corrected chi connectivity index (χ3v) is 3.68. The van der Waals surface area contributed by atoms with Gasteiger partial charge in [0, 0.05) is 6.54 Å². The van der Waals surface area contributed by atoms with Crippen LogP contribution < -0.4 is 29.8 Å². The van der Waals surface area contributed by atoms with E-state index in [0.717, 1.165) is 6.54 Å². The Morgan fingerprint density at radius 1 is 1.17 bits per heavy atom. The summed E-state index contributed by atoms with van der Waals surface area (Å²) in [6, 6.07) is 0. The predicted octanol–water partition coefficient (Wildman–Crippen LogP) is -1.95. The molecule has 3 N–H and O–H groups in total. The van der Waals surface area contributed by atoms with Crippen molar-refractivity contribution in [1.29, 1.82) is 0 Å². The second-order valence-corrected chi connectivity index (χ2v) is 4.81. The van der Waals surface area contributed by atoms with Gasteiger partial charge in [0.15, 0.2) is 0 Å². The van der Waals surface area contributed by atoms with Gasteiger partial charge < -0.3 is 24.0 Å². The van der Waals surface area contributed by atoms with Gasteiger partial charge in [-0.3, -0.25) is 5.84 Å². The van der Waals surface area contributed by atoms with Gasteiger partial charge in [-0.1, -0.05) is 13.8 Å². The molecule has 1 aliphatic heterocycles. The zero-order valence-electron chi connectivity index (χ0n) is 8.65. The second kappa shape index (κ2) is 3.80. The number of rotatable bonds is 0. The summed E-state index contributed by atoms with van der Waals surface area (Å²) in [5.41, 5.74) is 0.665. The van der Waals surface area contributed by atoms with E-state index in [2.05, 4.69) is 38.5 Å². The van der Waals surface area contributed by atoms with Crippen LogP contribution in [0.1, 0.15) is 40.5 Å². The Balaban J connectivity index is 0.00000121. The molecule has 0 saturated carbocycles. The van der Waals surface area contributed by atoms with Gasteiger partial charge >= 0.3 is 0 Å². The molecule has 0 atom stereocenters. The summed E-state index contributed by atoms with van der Waals surface area (Å²) in [6.07, 6.45) is 2.62. The Bertz CT molecular complexity index is 155. The number of piperidine rings is 1. The van der Waals surface area contributed by atoms with Crippen molar-refractivity contribution in [2.24, 2.45) is 5.41 Å². The van der Waals surface area contributed by atoms with E-state index in [4.69, 9.17) is 0 Å². The van der Waals surface area contributed by atoms with Gasteiger partial charge in [0.05, 0.1) is 5.54 Å². The van der Waals surface area contributed by atoms with Gasteiger partial charge in [-0.05, 0) is 32.1 Å². The molecule has 0 radical (unpaired) electrons. The minimum Gasteiger partial charge on any atom is -1.00 e. The van der Waals surface area contributed by atoms with Crippen molar-refractivity contribution < 1.29 is 29.8 Å². The average molecular weight is 284 g/mol. The van der Waals surface area contributed by atoms with Gasteiger partial charge in [0.2, 0.25) is 0 Å². The lowest BCUT2D eigenvalue weighted by Crippen LogP contribution is -3.00. The average Bonchev–Trinajstić information content (AvgIpc) is 1.84. The van der Waals surface area contributed by atoms with Crippen LogP contribution in [0.15, 0.2) is 0 Å². The Labute approximate surface area is 92.9 Å². The minimum atomic E-state index is 0. The van der Waals surface area contributed by atoms with E-state index < -0.39 is 0 Å². The molecule has 1 fully saturated rings. The first-order valence-electron chi connectivity index (χ1n) is 4.46. The summed E-state index contributed by atoms with van der Waals surface area (Å²) < 4.78 is 0. The number of quaternary nitrogens is 1. The summed E-state index contributed by atoms with van der Waals surface area (Å²) in [6.45, 7) is 10.4. The van der Waals surface area contributed by atoms with Crippen molar-refractivity contribution in [3.05, 3.63) is 0 Å². The molecular weight excluding hydrogens is 263 g/mol. The highest BCUT2D eigenvalue weighted by molar-refractivity contribution is 4.94. The highest BCUT2D eigenvalue weighted by Gasteiger charge is 2.45. The van der Waals surface area contributed by atoms with Crippen LogP contribution in [-0.4, -0.2) is 17.1 Å². The molecule has 0 aromatic carbocycles. The van der Waals surface area contributed by atoms with Crippen molar-refractivity contribution in [3.8, 4) is 0 Å². The summed E-state index contributed by atoms with van der Waals surface area (Å²) in [5, 5.41) is 2.23. The molecule has 1 heterocycles. The topological polar surface area (TPSA) is 30.9 Å². The van der Waals surface area contributed by atoms with Gasteiger partial charge in [0.1, 0.15) is 0 Å². The van der Waals surface area contributed by atoms with Crippen molar-refractivity contribution in [1.82, 2.24) is 5.01 Å². The zero-order chi connectivity index (χ0) is 8.70. The van der Waals surface area contributed by atoms with Crippen LogP contribution in [0.25, 0.3) is 0 Å². The van der Waals surface area contributed by atoms with E-state index in [1.807, 2.05) is 0 Å². The van der Waals surface area contributed by atoms with Crippen LogP contribution in [0.5, 0.6) is 0 Å². The minimum absolute atomic E-state index is 0. The lowest BCUT2D eigenvalue weighted by molar-refractivity contribution is -0.608. The molecule has 0 aromatic heterocycles. The molecular formula is C9H21IN2. The van der Waals surface area contributed by atoms with Crippen molar-refractivity contribution in [3.63, 3.8) is 0 Å². The first-order chi connectivity index (χ1) is 4.88. The summed E-state index contributed by atoms with van der Waals surface area (Å²) in [5.74, 6) is 4.08. The molecule has 12 heavy (non-hydrogen) atoms. The molecule has 74 valence electrons. The summed E-state index contributed by atoms with van der Waals surface area (Å²) >= 11 is 0. The van der Waals surface area contributed by atoms with Crippen LogP contribution in [0.4, 0.5) is 0 Å². The van der Waals surface area contributed by atoms with E-state index in [9.17, 15) is 0 Å². The van der Waals surface area contributed by atoms with E-state index in [0.29, 0.717) is 5.41 Å². The van der Waals surface area contributed by atoms with E-state index in [-0.39, 0.29) is 29.5 Å². The maximum absolute atomic E-state index is 4.08. The molecule has 0 unspecified atom stereocenters. The monoisotopic (exact) mass is 284 g/mol. The zero-order valence-corrected chi connectivity index (χ0v) is 10.8. The fourth-order valence-electron chi connectivity index (χ4n) is 1.73. The second-order valence-electron chi connectivity index (χ2n) is 4.81. The largest absolute Gasteiger partial charge is 1.00 e. The summed E-state index contributed by atoms with van der Waals surface area (Å²) in [4.78, 5) is 0. The van der Waals surface area contributed by atoms with Gasteiger partial charge in [-0.25, -0.2) is 0 Å². The summed E-state index contributed by atoms with van der Waals surface area (Å²) in [7, 11) is 0. The number of hydrogen-bond acceptors (Lipinski definition) is 1. The van der Waals surface area contributed by atoms with Crippen molar-refractivity contribution in [2.75, 3.05) is 6.54 Å². The number of hydrogen-bond donors (Lipinski definition) is 1. The molecule has 1 rings (SSSR count). The Kier molecular flexibility index (Phi) is 4.00. The highest BCUT2D eigenvalue weighted by atomic mass is 127. The first-order valence-corrected chi connectivity index (χ1v) is 4.46. The highest BCUT2D eigenvalue weighted by Crippen LogP contribution is 2.40. The molecule has 3 heteroatoms. The smallest absolute Gasteiger partial charge is 0.0687 e. The van der Waals surface area contributed by atoms with Crippen LogP contribution in [0, 0.1) is 5.41 Å². The molecule has 2 nitrogen and oxygen atoms in total. The van der Waals surface area contributed by atoms with Crippen LogP contribution in [-0.2, 0) is 0 Å². The van der Waals surface area contributed by atoms with Gasteiger partial charge in [-0.15, -0.1) is 0 Å². The van der Waals surface area contributed by atoms with Crippen LogP contribution in [0.3, 0.4) is 0 Å². The molecule has 0 aromatic rings. The SMILES string of the molecule is CC1(C)CCCN([NH3+])C1(C)C.[I-]. The quantitative estimate of drug-likeness (QED) is 0.515. The number of nitrogens with zero attached hydrogens (tertiary/aromatic N) is 1. The van der Waals surface area contributed by atoms with Gasteiger partial charge in [-0.2, -0.15) is 5.01 Å². The first kappa shape index (κ1) is 12.7. The van der Waals surface area contributed by atoms with E-state index >= 15 is 0 Å². The Morgan fingerprint density at radius 3 is 2.00 bits per heavy atom. The lowest BCUT2D eigenvalue weighted by Gasteiger charge is -2.48. The fourth-order valence-corrected chi connectivity index (χ4v) is 1.73. The lowest BCUT2D eigenvalue weighted by atomic mass is 9.69. The molecule has 0 bridgehead atoms. The Hall–Kier alpha value is 0.650. The molecule has 0 aliphatic carbocycles. The standard InChI is InChI=1S/C9H20N2.HI/c1-8(2)6-5-7-11(10)9(8,3)4;/h5-7,10H2,1-4H3;1H. The fraction of sp³-hybridized carbons (Fsp3) is 1.00. The van der Waals surface area contributed by atoms with Crippen LogP contribution in [0.2, 0.25) is 0 Å². The third kappa shape index (κ3) is 1.93. The molecule has 1 aliphatic rings. The Morgan fingerprint density at radius 2 is 1.67 bits per heavy atom. The van der Waals surface area contributed by atoms with Crippen LogP contribution >= 0.6 is 0 Å². The van der Waals surface area contributed by atoms with Crippen molar-refractivity contribution in [2.45, 2.75) is 46.1 Å². The maximum Gasteiger partial charge on any atom is 0.0687 e. The van der Waals surface area contributed by atoms with Crippen molar-refractivity contribution >= 4 is 0 Å². The molecule has 0 amide bonds. The van der Waals surface area contributed by atoms with E-state index in [1.165, 1.54) is 12.8 Å². The van der Waals surface area contributed by atoms with Gasteiger partial charge in [0.25, 0.3) is 0 Å².